The summed E-state index contributed by atoms with van der Waals surface area (Å²) < 4.78 is 10.8. The van der Waals surface area contributed by atoms with Crippen molar-refractivity contribution in [3.8, 4) is 17.1 Å². The Morgan fingerprint density at radius 3 is 2.53 bits per heavy atom. The summed E-state index contributed by atoms with van der Waals surface area (Å²) in [7, 11) is 1.63. The number of aryl methyl sites for hydroxylation is 2. The molecule has 1 aliphatic rings. The van der Waals surface area contributed by atoms with Crippen molar-refractivity contribution >= 4 is 11.7 Å². The second-order valence-electron chi connectivity index (χ2n) is 7.65. The maximum absolute atomic E-state index is 12.7. The number of benzene rings is 2. The minimum absolute atomic E-state index is 0.0616. The standard InChI is InChI=1S/C23H26N4O3/c1-15-6-4-7-16(2)20(15)24-23(28)27-12-10-17(11-13-27)22-25-21(26-30-22)18-8-5-9-19(14-18)29-3/h4-9,14,17H,10-13H2,1-3H3,(H,24,28). The van der Waals surface area contributed by atoms with Crippen molar-refractivity contribution in [2.24, 2.45) is 0 Å². The molecule has 1 N–H and O–H groups in total. The molecule has 4 rings (SSSR count). The number of nitrogens with zero attached hydrogens (tertiary/aromatic N) is 3. The highest BCUT2D eigenvalue weighted by molar-refractivity contribution is 5.91. The maximum Gasteiger partial charge on any atom is 0.321 e. The zero-order chi connectivity index (χ0) is 21.1. The van der Waals surface area contributed by atoms with Crippen LogP contribution in [-0.4, -0.2) is 41.3 Å². The monoisotopic (exact) mass is 406 g/mol. The van der Waals surface area contributed by atoms with Gasteiger partial charge in [0.2, 0.25) is 11.7 Å². The summed E-state index contributed by atoms with van der Waals surface area (Å²) in [6.07, 6.45) is 1.58. The van der Waals surface area contributed by atoms with E-state index in [1.807, 2.05) is 61.2 Å². The van der Waals surface area contributed by atoms with Gasteiger partial charge in [0.25, 0.3) is 0 Å². The van der Waals surface area contributed by atoms with Gasteiger partial charge in [-0.2, -0.15) is 4.98 Å². The third kappa shape index (κ3) is 4.15. The normalized spacial score (nSPS) is 14.6. The number of carbonyl (C=O) groups excluding carboxylic acids is 1. The van der Waals surface area contributed by atoms with E-state index in [0.717, 1.165) is 41.0 Å². The molecule has 0 unspecified atom stereocenters. The summed E-state index contributed by atoms with van der Waals surface area (Å²) in [6, 6.07) is 13.5. The van der Waals surface area contributed by atoms with Crippen molar-refractivity contribution < 1.29 is 14.1 Å². The van der Waals surface area contributed by atoms with Crippen molar-refractivity contribution in [3.05, 3.63) is 59.5 Å². The highest BCUT2D eigenvalue weighted by atomic mass is 16.5. The third-order valence-electron chi connectivity index (χ3n) is 5.61. The number of methoxy groups -OCH3 is 1. The van der Waals surface area contributed by atoms with E-state index in [0.29, 0.717) is 24.8 Å². The van der Waals surface area contributed by atoms with Crippen molar-refractivity contribution in [2.75, 3.05) is 25.5 Å². The lowest BCUT2D eigenvalue weighted by Gasteiger charge is -2.30. The van der Waals surface area contributed by atoms with Crippen LogP contribution in [0.3, 0.4) is 0 Å². The Balaban J connectivity index is 1.38. The second-order valence-corrected chi connectivity index (χ2v) is 7.65. The van der Waals surface area contributed by atoms with Crippen LogP contribution in [0.25, 0.3) is 11.4 Å². The van der Waals surface area contributed by atoms with Crippen LogP contribution in [0.2, 0.25) is 0 Å². The first-order valence-corrected chi connectivity index (χ1v) is 10.2. The lowest BCUT2D eigenvalue weighted by atomic mass is 9.97. The Bertz CT molecular complexity index is 1020. The smallest absolute Gasteiger partial charge is 0.321 e. The summed E-state index contributed by atoms with van der Waals surface area (Å²) in [5.74, 6) is 2.09. The van der Waals surface area contributed by atoms with Gasteiger partial charge in [0, 0.05) is 30.3 Å². The number of likely N-dealkylation sites (tertiary alicyclic amines) is 1. The number of amides is 2. The maximum atomic E-state index is 12.7. The van der Waals surface area contributed by atoms with E-state index < -0.39 is 0 Å². The van der Waals surface area contributed by atoms with Crippen LogP contribution in [0.15, 0.2) is 47.0 Å². The molecule has 30 heavy (non-hydrogen) atoms. The van der Waals surface area contributed by atoms with E-state index in [1.54, 1.807) is 7.11 Å². The largest absolute Gasteiger partial charge is 0.497 e. The Kier molecular flexibility index (Phi) is 5.70. The molecule has 1 saturated heterocycles. The number of nitrogens with one attached hydrogen (secondary N) is 1. The van der Waals surface area contributed by atoms with Gasteiger partial charge in [-0.25, -0.2) is 4.79 Å². The third-order valence-corrected chi connectivity index (χ3v) is 5.61. The van der Waals surface area contributed by atoms with E-state index in [4.69, 9.17) is 9.26 Å². The van der Waals surface area contributed by atoms with Gasteiger partial charge < -0.3 is 19.5 Å². The summed E-state index contributed by atoms with van der Waals surface area (Å²) >= 11 is 0. The van der Waals surface area contributed by atoms with Gasteiger partial charge in [0.15, 0.2) is 0 Å². The summed E-state index contributed by atoms with van der Waals surface area (Å²) in [6.45, 7) is 5.31. The summed E-state index contributed by atoms with van der Waals surface area (Å²) in [5.41, 5.74) is 3.88. The predicted octanol–water partition coefficient (Wildman–Crippen LogP) is 4.77. The molecule has 1 aromatic heterocycles. The van der Waals surface area contributed by atoms with Crippen molar-refractivity contribution in [2.45, 2.75) is 32.6 Å². The summed E-state index contributed by atoms with van der Waals surface area (Å²) in [4.78, 5) is 19.2. The molecule has 0 radical (unpaired) electrons. The van der Waals surface area contributed by atoms with Crippen LogP contribution >= 0.6 is 0 Å². The number of aromatic nitrogens is 2. The number of urea groups is 1. The first-order chi connectivity index (χ1) is 14.5. The SMILES string of the molecule is COc1cccc(-c2noc(C3CCN(C(=O)Nc4c(C)cccc4C)CC3)n2)c1. The summed E-state index contributed by atoms with van der Waals surface area (Å²) in [5, 5.41) is 7.19. The van der Waals surface area contributed by atoms with Gasteiger partial charge in [0.1, 0.15) is 5.75 Å². The molecule has 2 aromatic carbocycles. The number of anilines is 1. The van der Waals surface area contributed by atoms with Gasteiger partial charge >= 0.3 is 6.03 Å². The number of hydrogen-bond acceptors (Lipinski definition) is 5. The highest BCUT2D eigenvalue weighted by Crippen LogP contribution is 2.30. The van der Waals surface area contributed by atoms with E-state index in [2.05, 4.69) is 15.5 Å². The first kappa shape index (κ1) is 19.9. The molecular weight excluding hydrogens is 380 g/mol. The number of piperidine rings is 1. The Morgan fingerprint density at radius 1 is 1.13 bits per heavy atom. The van der Waals surface area contributed by atoms with Gasteiger partial charge in [-0.3, -0.25) is 0 Å². The van der Waals surface area contributed by atoms with Crippen LogP contribution in [0.1, 0.15) is 35.8 Å². The molecule has 7 nitrogen and oxygen atoms in total. The Hall–Kier alpha value is -3.35. The van der Waals surface area contributed by atoms with Gasteiger partial charge in [-0.1, -0.05) is 35.5 Å². The predicted molar refractivity (Wildman–Crippen MR) is 115 cm³/mol. The molecule has 0 aliphatic carbocycles. The average molecular weight is 406 g/mol. The van der Waals surface area contributed by atoms with Crippen molar-refractivity contribution in [3.63, 3.8) is 0 Å². The molecule has 0 bridgehead atoms. The van der Waals surface area contributed by atoms with Crippen LogP contribution in [0.4, 0.5) is 10.5 Å². The molecule has 0 spiro atoms. The van der Waals surface area contributed by atoms with Crippen molar-refractivity contribution in [1.29, 1.82) is 0 Å². The number of ether oxygens (including phenoxy) is 1. The molecule has 156 valence electrons. The average Bonchev–Trinajstić information content (AvgIpc) is 3.27. The number of rotatable bonds is 4. The minimum atomic E-state index is -0.0616. The molecule has 0 atom stereocenters. The van der Waals surface area contributed by atoms with E-state index in [9.17, 15) is 4.79 Å². The van der Waals surface area contributed by atoms with Gasteiger partial charge in [-0.15, -0.1) is 0 Å². The fourth-order valence-electron chi connectivity index (χ4n) is 3.81. The quantitative estimate of drug-likeness (QED) is 0.675. The van der Waals surface area contributed by atoms with Crippen LogP contribution < -0.4 is 10.1 Å². The molecule has 1 fully saturated rings. The molecule has 3 aromatic rings. The Labute approximate surface area is 176 Å². The minimum Gasteiger partial charge on any atom is -0.497 e. The lowest BCUT2D eigenvalue weighted by molar-refractivity contribution is 0.187. The fraction of sp³-hybridized carbons (Fsp3) is 0.348. The molecular formula is C23H26N4O3. The second kappa shape index (κ2) is 8.57. The van der Waals surface area contributed by atoms with Crippen molar-refractivity contribution in [1.82, 2.24) is 15.0 Å². The molecule has 2 heterocycles. The lowest BCUT2D eigenvalue weighted by Crippen LogP contribution is -2.40. The highest BCUT2D eigenvalue weighted by Gasteiger charge is 2.28. The molecule has 1 aliphatic heterocycles. The van der Waals surface area contributed by atoms with E-state index in [-0.39, 0.29) is 11.9 Å². The van der Waals surface area contributed by atoms with Crippen LogP contribution in [0, 0.1) is 13.8 Å². The van der Waals surface area contributed by atoms with Crippen LogP contribution in [-0.2, 0) is 0 Å². The van der Waals surface area contributed by atoms with Gasteiger partial charge in [-0.05, 0) is 49.9 Å². The topological polar surface area (TPSA) is 80.5 Å². The Morgan fingerprint density at radius 2 is 1.83 bits per heavy atom. The zero-order valence-electron chi connectivity index (χ0n) is 17.5. The van der Waals surface area contributed by atoms with E-state index in [1.165, 1.54) is 0 Å². The zero-order valence-corrected chi connectivity index (χ0v) is 17.5. The van der Waals surface area contributed by atoms with E-state index >= 15 is 0 Å². The number of hydrogen-bond donors (Lipinski definition) is 1. The first-order valence-electron chi connectivity index (χ1n) is 10.2. The number of carbonyl (C=O) groups is 1. The molecule has 0 saturated carbocycles. The van der Waals surface area contributed by atoms with Gasteiger partial charge in [0.05, 0.1) is 7.11 Å². The van der Waals surface area contributed by atoms with Crippen LogP contribution in [0.5, 0.6) is 5.75 Å². The molecule has 2 amide bonds. The number of para-hydroxylation sites is 1. The molecule has 7 heteroatoms. The fourth-order valence-corrected chi connectivity index (χ4v) is 3.81.